The molecule has 6 heteroatoms. The van der Waals surface area contributed by atoms with Crippen LogP contribution >= 0.6 is 11.8 Å². The van der Waals surface area contributed by atoms with Gasteiger partial charge in [0, 0.05) is 15.5 Å². The van der Waals surface area contributed by atoms with Gasteiger partial charge in [-0.2, -0.15) is 10.5 Å². The Bertz CT molecular complexity index is 1040. The average Bonchev–Trinajstić information content (AvgIpc) is 2.70. The first-order valence-electron chi connectivity index (χ1n) is 7.97. The summed E-state index contributed by atoms with van der Waals surface area (Å²) in [5.74, 6) is -0.00520. The number of nitrogens with one attached hydrogen (secondary N) is 1. The third-order valence-electron chi connectivity index (χ3n) is 3.80. The SMILES string of the molecule is COc1ccc(Sc2cc(F)c(C#N)c(C#N)c2Nc2ccccc2)cc1. The molecule has 0 fully saturated rings. The summed E-state index contributed by atoms with van der Waals surface area (Å²) in [6.45, 7) is 0. The topological polar surface area (TPSA) is 68.8 Å². The molecule has 0 saturated heterocycles. The van der Waals surface area contributed by atoms with E-state index in [2.05, 4.69) is 5.32 Å². The summed E-state index contributed by atoms with van der Waals surface area (Å²) in [5, 5.41) is 22.0. The van der Waals surface area contributed by atoms with Crippen LogP contribution < -0.4 is 10.1 Å². The molecule has 0 aliphatic rings. The molecule has 0 aliphatic carbocycles. The minimum Gasteiger partial charge on any atom is -0.497 e. The predicted molar refractivity (Wildman–Crippen MR) is 103 cm³/mol. The van der Waals surface area contributed by atoms with E-state index in [1.165, 1.54) is 17.8 Å². The summed E-state index contributed by atoms with van der Waals surface area (Å²) in [6, 6.07) is 21.5. The average molecular weight is 375 g/mol. The lowest BCUT2D eigenvalue weighted by Gasteiger charge is -2.15. The summed E-state index contributed by atoms with van der Waals surface area (Å²) in [7, 11) is 1.58. The van der Waals surface area contributed by atoms with Crippen LogP contribution in [0.2, 0.25) is 0 Å². The molecule has 0 amide bonds. The maximum atomic E-state index is 14.4. The van der Waals surface area contributed by atoms with Crippen LogP contribution in [0.15, 0.2) is 70.5 Å². The molecular weight excluding hydrogens is 361 g/mol. The summed E-state index contributed by atoms with van der Waals surface area (Å²) < 4.78 is 19.6. The second-order valence-corrected chi connectivity index (χ2v) is 6.59. The molecule has 0 radical (unpaired) electrons. The third-order valence-corrected chi connectivity index (χ3v) is 4.85. The van der Waals surface area contributed by atoms with E-state index in [0.717, 1.165) is 10.6 Å². The van der Waals surface area contributed by atoms with Gasteiger partial charge in [-0.25, -0.2) is 4.39 Å². The van der Waals surface area contributed by atoms with Crippen LogP contribution in [0, 0.1) is 28.5 Å². The maximum absolute atomic E-state index is 14.4. The van der Waals surface area contributed by atoms with Gasteiger partial charge in [-0.3, -0.25) is 0 Å². The van der Waals surface area contributed by atoms with Crippen molar-refractivity contribution in [3.8, 4) is 17.9 Å². The molecule has 132 valence electrons. The first-order chi connectivity index (χ1) is 13.2. The molecule has 0 heterocycles. The second kappa shape index (κ2) is 8.27. The van der Waals surface area contributed by atoms with Crippen molar-refractivity contribution in [2.45, 2.75) is 9.79 Å². The maximum Gasteiger partial charge on any atom is 0.143 e. The van der Waals surface area contributed by atoms with Gasteiger partial charge in [0.15, 0.2) is 0 Å². The van der Waals surface area contributed by atoms with Crippen molar-refractivity contribution < 1.29 is 9.13 Å². The number of anilines is 2. The van der Waals surface area contributed by atoms with Crippen molar-refractivity contribution in [3.63, 3.8) is 0 Å². The minimum atomic E-state index is -0.719. The van der Waals surface area contributed by atoms with Crippen molar-refractivity contribution in [1.29, 1.82) is 10.5 Å². The molecule has 3 aromatic carbocycles. The zero-order valence-corrected chi connectivity index (χ0v) is 15.2. The smallest absolute Gasteiger partial charge is 0.143 e. The van der Waals surface area contributed by atoms with Crippen molar-refractivity contribution in [3.05, 3.63) is 77.6 Å². The van der Waals surface area contributed by atoms with Gasteiger partial charge in [0.1, 0.15) is 29.3 Å². The monoisotopic (exact) mass is 375 g/mol. The summed E-state index contributed by atoms with van der Waals surface area (Å²) >= 11 is 1.30. The largest absolute Gasteiger partial charge is 0.497 e. The molecule has 3 aromatic rings. The number of para-hydroxylation sites is 1. The Hall–Kier alpha value is -3.48. The lowest BCUT2D eigenvalue weighted by Crippen LogP contribution is -2.01. The van der Waals surface area contributed by atoms with Crippen LogP contribution in [0.3, 0.4) is 0 Å². The highest BCUT2D eigenvalue weighted by Crippen LogP contribution is 2.39. The van der Waals surface area contributed by atoms with Crippen LogP contribution in [0.25, 0.3) is 0 Å². The van der Waals surface area contributed by atoms with Crippen LogP contribution in [0.4, 0.5) is 15.8 Å². The molecule has 0 aliphatic heterocycles. The molecular formula is C21H14FN3OS. The Morgan fingerprint density at radius 1 is 0.963 bits per heavy atom. The van der Waals surface area contributed by atoms with E-state index in [0.29, 0.717) is 16.3 Å². The molecule has 4 nitrogen and oxygen atoms in total. The van der Waals surface area contributed by atoms with Gasteiger partial charge in [-0.05, 0) is 42.5 Å². The number of ether oxygens (including phenoxy) is 1. The van der Waals surface area contributed by atoms with E-state index < -0.39 is 5.82 Å². The normalized spacial score (nSPS) is 9.93. The Morgan fingerprint density at radius 3 is 2.22 bits per heavy atom. The van der Waals surface area contributed by atoms with Gasteiger partial charge < -0.3 is 10.1 Å². The minimum absolute atomic E-state index is 0.0163. The lowest BCUT2D eigenvalue weighted by atomic mass is 10.1. The van der Waals surface area contributed by atoms with Crippen molar-refractivity contribution in [1.82, 2.24) is 0 Å². The summed E-state index contributed by atoms with van der Waals surface area (Å²) in [5.41, 5.74) is 0.857. The molecule has 1 N–H and O–H groups in total. The first-order valence-corrected chi connectivity index (χ1v) is 8.78. The number of methoxy groups -OCH3 is 1. The van der Waals surface area contributed by atoms with Crippen molar-refractivity contribution >= 4 is 23.1 Å². The zero-order chi connectivity index (χ0) is 19.2. The molecule has 0 unspecified atom stereocenters. The number of nitrogens with zero attached hydrogens (tertiary/aromatic N) is 2. The number of hydrogen-bond acceptors (Lipinski definition) is 5. The molecule has 3 rings (SSSR count). The van der Waals surface area contributed by atoms with Gasteiger partial charge in [0.2, 0.25) is 0 Å². The van der Waals surface area contributed by atoms with E-state index >= 15 is 0 Å². The summed E-state index contributed by atoms with van der Waals surface area (Å²) in [4.78, 5) is 1.36. The van der Waals surface area contributed by atoms with E-state index in [9.17, 15) is 14.9 Å². The molecule has 27 heavy (non-hydrogen) atoms. The number of rotatable bonds is 5. The van der Waals surface area contributed by atoms with Crippen molar-refractivity contribution in [2.24, 2.45) is 0 Å². The fourth-order valence-electron chi connectivity index (χ4n) is 2.49. The standard InChI is InChI=1S/C21H14FN3OS/c1-26-15-7-9-16(10-8-15)27-20-11-19(22)17(12-23)18(13-24)21(20)25-14-5-3-2-4-6-14/h2-11,25H,1H3. The zero-order valence-electron chi connectivity index (χ0n) is 14.4. The fraction of sp³-hybridized carbons (Fsp3) is 0.0476. The van der Waals surface area contributed by atoms with Crippen LogP contribution in [0.1, 0.15) is 11.1 Å². The number of halogens is 1. The molecule has 0 aromatic heterocycles. The van der Waals surface area contributed by atoms with E-state index in [1.807, 2.05) is 48.5 Å². The molecule has 0 saturated carbocycles. The van der Waals surface area contributed by atoms with Crippen LogP contribution in [-0.4, -0.2) is 7.11 Å². The van der Waals surface area contributed by atoms with Gasteiger partial charge >= 0.3 is 0 Å². The molecule has 0 atom stereocenters. The van der Waals surface area contributed by atoms with Gasteiger partial charge in [-0.1, -0.05) is 30.0 Å². The van der Waals surface area contributed by atoms with Gasteiger partial charge in [0.25, 0.3) is 0 Å². The quantitative estimate of drug-likeness (QED) is 0.640. The predicted octanol–water partition coefficient (Wildman–Crippen LogP) is 5.47. The van der Waals surface area contributed by atoms with E-state index in [1.54, 1.807) is 25.3 Å². The fourth-order valence-corrected chi connectivity index (χ4v) is 3.43. The van der Waals surface area contributed by atoms with E-state index in [4.69, 9.17) is 4.74 Å². The molecule has 0 spiro atoms. The first kappa shape index (κ1) is 18.3. The lowest BCUT2D eigenvalue weighted by molar-refractivity contribution is 0.414. The van der Waals surface area contributed by atoms with Crippen LogP contribution in [0.5, 0.6) is 5.75 Å². The molecule has 0 bridgehead atoms. The second-order valence-electron chi connectivity index (χ2n) is 5.47. The highest BCUT2D eigenvalue weighted by Gasteiger charge is 2.19. The Morgan fingerprint density at radius 2 is 1.63 bits per heavy atom. The highest BCUT2D eigenvalue weighted by atomic mass is 32.2. The Kier molecular flexibility index (Phi) is 5.61. The third kappa shape index (κ3) is 4.03. The van der Waals surface area contributed by atoms with Crippen molar-refractivity contribution in [2.75, 3.05) is 12.4 Å². The van der Waals surface area contributed by atoms with E-state index in [-0.39, 0.29) is 11.1 Å². The number of hydrogen-bond donors (Lipinski definition) is 1. The summed E-state index contributed by atoms with van der Waals surface area (Å²) in [6.07, 6.45) is 0. The van der Waals surface area contributed by atoms with Gasteiger partial charge in [0.05, 0.1) is 18.4 Å². The Balaban J connectivity index is 2.09. The number of nitriles is 2. The number of benzene rings is 3. The van der Waals surface area contributed by atoms with Gasteiger partial charge in [-0.15, -0.1) is 0 Å². The Labute approximate surface area is 160 Å². The van der Waals surface area contributed by atoms with Crippen LogP contribution in [-0.2, 0) is 0 Å². The highest BCUT2D eigenvalue weighted by molar-refractivity contribution is 7.99.